The van der Waals surface area contributed by atoms with Crippen LogP contribution in [0.4, 0.5) is 0 Å². The molecule has 0 fully saturated rings. The number of hydrogen-bond acceptors (Lipinski definition) is 5. The van der Waals surface area contributed by atoms with Gasteiger partial charge in [0.15, 0.2) is 0 Å². The predicted octanol–water partition coefficient (Wildman–Crippen LogP) is 7.04. The number of nitrogens with one attached hydrogen (secondary N) is 2. The summed E-state index contributed by atoms with van der Waals surface area (Å²) in [6.45, 7) is 2.08. The SMILES string of the molecule is CCc1cccc2c(-c3ccccc3)c(C(=O)NN=Cc3ccccc3OC(=O)c3cc(Cl)ccc3OC)[nH]c12. The van der Waals surface area contributed by atoms with Gasteiger partial charge in [0.05, 0.1) is 13.3 Å². The van der Waals surface area contributed by atoms with Crippen molar-refractivity contribution in [2.45, 2.75) is 13.3 Å². The number of ether oxygens (including phenoxy) is 2. The highest BCUT2D eigenvalue weighted by Gasteiger charge is 2.20. The Labute approximate surface area is 236 Å². The van der Waals surface area contributed by atoms with Crippen LogP contribution in [0.2, 0.25) is 5.02 Å². The molecule has 0 aliphatic heterocycles. The van der Waals surface area contributed by atoms with E-state index in [1.54, 1.807) is 36.4 Å². The minimum Gasteiger partial charge on any atom is -0.496 e. The summed E-state index contributed by atoms with van der Waals surface area (Å²) in [5.41, 5.74) is 7.47. The molecule has 0 unspecified atom stereocenters. The van der Waals surface area contributed by atoms with Crippen molar-refractivity contribution in [2.75, 3.05) is 7.11 Å². The summed E-state index contributed by atoms with van der Waals surface area (Å²) in [4.78, 5) is 29.6. The Kier molecular flexibility index (Phi) is 7.94. The van der Waals surface area contributed by atoms with E-state index in [2.05, 4.69) is 22.4 Å². The van der Waals surface area contributed by atoms with Crippen molar-refractivity contribution < 1.29 is 19.1 Å². The van der Waals surface area contributed by atoms with E-state index in [1.807, 2.05) is 48.5 Å². The molecule has 2 N–H and O–H groups in total. The zero-order valence-electron chi connectivity index (χ0n) is 21.9. The van der Waals surface area contributed by atoms with Gasteiger partial charge in [0.1, 0.15) is 22.8 Å². The molecular formula is C32H26ClN3O4. The van der Waals surface area contributed by atoms with Gasteiger partial charge in [-0.15, -0.1) is 0 Å². The third kappa shape index (κ3) is 5.46. The van der Waals surface area contributed by atoms with Gasteiger partial charge in [0.25, 0.3) is 5.91 Å². The molecule has 0 saturated heterocycles. The van der Waals surface area contributed by atoms with Gasteiger partial charge >= 0.3 is 5.97 Å². The minimum absolute atomic E-state index is 0.189. The van der Waals surface area contributed by atoms with Crippen molar-refractivity contribution in [1.82, 2.24) is 10.4 Å². The number of para-hydroxylation sites is 2. The first-order valence-electron chi connectivity index (χ1n) is 12.7. The van der Waals surface area contributed by atoms with Crippen LogP contribution in [0.3, 0.4) is 0 Å². The molecule has 4 aromatic carbocycles. The van der Waals surface area contributed by atoms with E-state index in [4.69, 9.17) is 21.1 Å². The summed E-state index contributed by atoms with van der Waals surface area (Å²) >= 11 is 6.07. The molecule has 0 aliphatic carbocycles. The van der Waals surface area contributed by atoms with Crippen LogP contribution < -0.4 is 14.9 Å². The third-order valence-corrected chi connectivity index (χ3v) is 6.70. The minimum atomic E-state index is -0.637. The molecule has 0 spiro atoms. The van der Waals surface area contributed by atoms with Crippen molar-refractivity contribution in [3.63, 3.8) is 0 Å². The highest BCUT2D eigenvalue weighted by molar-refractivity contribution is 6.31. The Morgan fingerprint density at radius 2 is 1.73 bits per heavy atom. The van der Waals surface area contributed by atoms with Crippen molar-refractivity contribution in [1.29, 1.82) is 0 Å². The number of carbonyl (C=O) groups excluding carboxylic acids is 2. The average molecular weight is 552 g/mol. The summed E-state index contributed by atoms with van der Waals surface area (Å²) in [6, 6.07) is 27.4. The molecule has 5 aromatic rings. The summed E-state index contributed by atoms with van der Waals surface area (Å²) in [5.74, 6) is -0.435. The van der Waals surface area contributed by atoms with Gasteiger partial charge < -0.3 is 14.5 Å². The number of benzene rings is 4. The van der Waals surface area contributed by atoms with Crippen LogP contribution in [0, 0.1) is 0 Å². The second kappa shape index (κ2) is 11.9. The first-order chi connectivity index (χ1) is 19.5. The molecule has 1 amide bonds. The number of amides is 1. The van der Waals surface area contributed by atoms with Crippen LogP contribution in [-0.2, 0) is 6.42 Å². The number of nitrogens with zero attached hydrogens (tertiary/aromatic N) is 1. The number of rotatable bonds is 8. The Morgan fingerprint density at radius 1 is 0.950 bits per heavy atom. The number of esters is 1. The molecule has 8 heteroatoms. The zero-order valence-corrected chi connectivity index (χ0v) is 22.7. The normalized spacial score (nSPS) is 11.1. The maximum atomic E-state index is 13.4. The second-order valence-corrected chi connectivity index (χ2v) is 9.34. The smallest absolute Gasteiger partial charge is 0.347 e. The summed E-state index contributed by atoms with van der Waals surface area (Å²) < 4.78 is 10.9. The van der Waals surface area contributed by atoms with Crippen LogP contribution in [0.25, 0.3) is 22.0 Å². The number of aryl methyl sites for hydroxylation is 1. The highest BCUT2D eigenvalue weighted by Crippen LogP contribution is 2.34. The molecule has 7 nitrogen and oxygen atoms in total. The fraction of sp³-hybridized carbons (Fsp3) is 0.0938. The van der Waals surface area contributed by atoms with Crippen LogP contribution in [-0.4, -0.2) is 30.2 Å². The number of carbonyl (C=O) groups is 2. The number of methoxy groups -OCH3 is 1. The van der Waals surface area contributed by atoms with Crippen LogP contribution in [0.5, 0.6) is 11.5 Å². The van der Waals surface area contributed by atoms with Crippen LogP contribution in [0.1, 0.15) is 38.9 Å². The molecule has 200 valence electrons. The van der Waals surface area contributed by atoms with Gasteiger partial charge in [0, 0.05) is 27.1 Å². The van der Waals surface area contributed by atoms with Crippen molar-refractivity contribution in [2.24, 2.45) is 5.10 Å². The monoisotopic (exact) mass is 551 g/mol. The molecule has 0 aliphatic rings. The van der Waals surface area contributed by atoms with Gasteiger partial charge in [-0.25, -0.2) is 10.2 Å². The quantitative estimate of drug-likeness (QED) is 0.0935. The Balaban J connectivity index is 1.41. The van der Waals surface area contributed by atoms with Gasteiger partial charge in [-0.1, -0.05) is 79.2 Å². The van der Waals surface area contributed by atoms with Gasteiger partial charge in [-0.05, 0) is 47.9 Å². The number of fused-ring (bicyclic) bond motifs is 1. The molecule has 0 bridgehead atoms. The van der Waals surface area contributed by atoms with Gasteiger partial charge in [-0.2, -0.15) is 5.10 Å². The van der Waals surface area contributed by atoms with Crippen LogP contribution in [0.15, 0.2) is 96.1 Å². The molecule has 40 heavy (non-hydrogen) atoms. The number of aromatic amines is 1. The zero-order chi connectivity index (χ0) is 28.1. The number of H-pyrrole nitrogens is 1. The second-order valence-electron chi connectivity index (χ2n) is 8.91. The number of halogens is 1. The molecule has 0 radical (unpaired) electrons. The van der Waals surface area contributed by atoms with Crippen molar-refractivity contribution in [3.8, 4) is 22.6 Å². The number of hydrazone groups is 1. The van der Waals surface area contributed by atoms with E-state index < -0.39 is 11.9 Å². The average Bonchev–Trinajstić information content (AvgIpc) is 3.38. The van der Waals surface area contributed by atoms with E-state index >= 15 is 0 Å². The Morgan fingerprint density at radius 3 is 2.50 bits per heavy atom. The lowest BCUT2D eigenvalue weighted by Gasteiger charge is -2.10. The van der Waals surface area contributed by atoms with E-state index in [9.17, 15) is 9.59 Å². The van der Waals surface area contributed by atoms with Crippen molar-refractivity contribution in [3.05, 3.63) is 118 Å². The first kappa shape index (κ1) is 26.7. The molecule has 5 rings (SSSR count). The lowest BCUT2D eigenvalue weighted by atomic mass is 10.00. The van der Waals surface area contributed by atoms with Crippen LogP contribution >= 0.6 is 11.6 Å². The number of aromatic nitrogens is 1. The van der Waals surface area contributed by atoms with Gasteiger partial charge in [-0.3, -0.25) is 4.79 Å². The Bertz CT molecular complexity index is 1730. The molecule has 0 saturated carbocycles. The maximum absolute atomic E-state index is 13.4. The predicted molar refractivity (Wildman–Crippen MR) is 158 cm³/mol. The molecule has 1 heterocycles. The molecule has 0 atom stereocenters. The van der Waals surface area contributed by atoms with E-state index in [0.29, 0.717) is 22.0 Å². The summed E-state index contributed by atoms with van der Waals surface area (Å²) in [6.07, 6.45) is 2.25. The van der Waals surface area contributed by atoms with Crippen molar-refractivity contribution >= 4 is 40.6 Å². The first-order valence-corrected chi connectivity index (χ1v) is 13.0. The molecular weight excluding hydrogens is 526 g/mol. The topological polar surface area (TPSA) is 92.8 Å². The van der Waals surface area contributed by atoms with Gasteiger partial charge in [0.2, 0.25) is 0 Å². The highest BCUT2D eigenvalue weighted by atomic mass is 35.5. The largest absolute Gasteiger partial charge is 0.496 e. The fourth-order valence-electron chi connectivity index (χ4n) is 4.54. The maximum Gasteiger partial charge on any atom is 0.347 e. The van der Waals surface area contributed by atoms with E-state index in [1.165, 1.54) is 19.4 Å². The summed E-state index contributed by atoms with van der Waals surface area (Å²) in [7, 11) is 1.46. The number of hydrogen-bond donors (Lipinski definition) is 2. The fourth-order valence-corrected chi connectivity index (χ4v) is 4.71. The third-order valence-electron chi connectivity index (χ3n) is 6.46. The molecule has 1 aromatic heterocycles. The van der Waals surface area contributed by atoms with E-state index in [0.717, 1.165) is 34.0 Å². The lowest BCUT2D eigenvalue weighted by Crippen LogP contribution is -2.19. The summed E-state index contributed by atoms with van der Waals surface area (Å²) in [5, 5.41) is 5.52. The Hall–Kier alpha value is -4.88. The standard InChI is InChI=1S/C32H26ClN3O4/c1-3-20-13-9-14-24-28(21-10-5-4-6-11-21)30(35-29(20)24)31(37)36-34-19-22-12-7-8-15-26(22)40-32(38)25-18-23(33)16-17-27(25)39-2/h4-19,35H,3H2,1-2H3,(H,36,37). The lowest BCUT2D eigenvalue weighted by molar-refractivity contribution is 0.0730. The van der Waals surface area contributed by atoms with E-state index in [-0.39, 0.29) is 11.3 Å².